The number of alkyl halides is 2. The molecule has 200 valence electrons. The quantitative estimate of drug-likeness (QED) is 0.253. The molecule has 10 heteroatoms. The van der Waals surface area contributed by atoms with Crippen molar-refractivity contribution in [3.63, 3.8) is 0 Å². The van der Waals surface area contributed by atoms with Gasteiger partial charge in [0.2, 0.25) is 17.8 Å². The number of nitrogens with two attached hydrogens (primary N) is 1. The molecule has 0 radical (unpaired) electrons. The van der Waals surface area contributed by atoms with Gasteiger partial charge in [0.05, 0.1) is 6.61 Å². The second-order valence-corrected chi connectivity index (χ2v) is 9.92. The van der Waals surface area contributed by atoms with Gasteiger partial charge in [0.15, 0.2) is 11.5 Å². The van der Waals surface area contributed by atoms with E-state index in [-0.39, 0.29) is 31.3 Å². The number of halogens is 2. The number of ether oxygens (including phenoxy) is 1. The minimum Gasteiger partial charge on any atom is -0.381 e. The van der Waals surface area contributed by atoms with Crippen molar-refractivity contribution in [3.05, 3.63) is 41.7 Å². The summed E-state index contributed by atoms with van der Waals surface area (Å²) in [4.78, 5) is 13.0. The van der Waals surface area contributed by atoms with Crippen LogP contribution in [0.2, 0.25) is 0 Å². The lowest BCUT2D eigenvalue weighted by Gasteiger charge is -2.13. The van der Waals surface area contributed by atoms with Gasteiger partial charge in [-0.05, 0) is 43.2 Å². The Morgan fingerprint density at radius 3 is 2.57 bits per heavy atom. The van der Waals surface area contributed by atoms with Crippen molar-refractivity contribution in [1.29, 1.82) is 0 Å². The van der Waals surface area contributed by atoms with Gasteiger partial charge in [0.25, 0.3) is 0 Å². The highest BCUT2D eigenvalue weighted by atomic mass is 19.3. The normalized spacial score (nSPS) is 20.1. The van der Waals surface area contributed by atoms with Gasteiger partial charge in [0.1, 0.15) is 5.76 Å². The summed E-state index contributed by atoms with van der Waals surface area (Å²) in [5, 5.41) is 7.40. The van der Waals surface area contributed by atoms with Crippen LogP contribution in [0.1, 0.15) is 63.7 Å². The van der Waals surface area contributed by atoms with E-state index in [0.717, 1.165) is 29.9 Å². The molecule has 1 aliphatic rings. The molecule has 1 aliphatic carbocycles. The molecule has 0 bridgehead atoms. The average molecular weight is 515 g/mol. The zero-order chi connectivity index (χ0) is 26.6. The predicted molar refractivity (Wildman–Crippen MR) is 139 cm³/mol. The Morgan fingerprint density at radius 1 is 1.11 bits per heavy atom. The van der Waals surface area contributed by atoms with Crippen molar-refractivity contribution < 1.29 is 18.0 Å². The number of benzene rings is 1. The largest absolute Gasteiger partial charge is 0.381 e. The Morgan fingerprint density at radius 2 is 1.86 bits per heavy atom. The molecule has 3 aromatic rings. The van der Waals surface area contributed by atoms with E-state index in [9.17, 15) is 8.78 Å². The summed E-state index contributed by atoms with van der Waals surface area (Å²) in [5.74, 6) is 0.411. The van der Waals surface area contributed by atoms with Crippen LogP contribution in [0, 0.1) is 24.7 Å². The summed E-state index contributed by atoms with van der Waals surface area (Å²) in [5.41, 5.74) is 8.19. The van der Waals surface area contributed by atoms with E-state index in [0.29, 0.717) is 41.8 Å². The Kier molecular flexibility index (Phi) is 8.36. The number of nitrogens with one attached hydrogen (secondary N) is 1. The van der Waals surface area contributed by atoms with Crippen molar-refractivity contribution in [2.24, 2.45) is 17.8 Å². The minimum atomic E-state index is -2.65. The minimum absolute atomic E-state index is 0.0868. The van der Waals surface area contributed by atoms with Crippen molar-refractivity contribution in [2.45, 2.75) is 65.2 Å². The van der Waals surface area contributed by atoms with Crippen LogP contribution in [0.3, 0.4) is 0 Å². The first-order valence-corrected chi connectivity index (χ1v) is 13.0. The third-order valence-corrected chi connectivity index (χ3v) is 7.35. The molecule has 4 rings (SSSR count). The zero-order valence-electron chi connectivity index (χ0n) is 21.9. The first-order chi connectivity index (χ1) is 17.7. The van der Waals surface area contributed by atoms with Gasteiger partial charge in [-0.1, -0.05) is 50.5 Å². The molecule has 0 spiro atoms. The fraction of sp³-hybridized carbons (Fsp3) is 0.556. The molecule has 3 N–H and O–H groups in total. The van der Waals surface area contributed by atoms with E-state index < -0.39 is 5.92 Å². The molecule has 4 unspecified atom stereocenters. The van der Waals surface area contributed by atoms with Crippen molar-refractivity contribution in [3.8, 4) is 11.5 Å². The molecular formula is C27H36F2N6O2. The first-order valence-electron chi connectivity index (χ1n) is 13.0. The molecule has 0 aliphatic heterocycles. The Labute approximate surface area is 216 Å². The van der Waals surface area contributed by atoms with Crippen LogP contribution in [0.5, 0.6) is 0 Å². The van der Waals surface area contributed by atoms with Crippen molar-refractivity contribution >= 4 is 17.6 Å². The maximum absolute atomic E-state index is 13.5. The molecule has 2 heterocycles. The molecule has 1 saturated carbocycles. The van der Waals surface area contributed by atoms with Gasteiger partial charge in [-0.2, -0.15) is 15.0 Å². The first kappa shape index (κ1) is 26.9. The van der Waals surface area contributed by atoms with Crippen molar-refractivity contribution in [1.82, 2.24) is 20.1 Å². The third kappa shape index (κ3) is 6.60. The standard InChI is InChI=1S/C27H36F2N6O2/c1-5-19-20(21(19)15-36-13-12-27(28,29)6-2)14-16(3)23-17(4)22(35-37-23)24-32-25(30)34-26(33-24)31-18-10-8-7-9-11-18/h7-11,16,19-21H,5-6,12-15H2,1-4H3,(H3,30,31,32,33,34). The number of para-hydroxylation sites is 1. The second-order valence-electron chi connectivity index (χ2n) is 9.92. The van der Waals surface area contributed by atoms with Gasteiger partial charge in [-0.25, -0.2) is 8.78 Å². The summed E-state index contributed by atoms with van der Waals surface area (Å²) in [6, 6.07) is 9.55. The van der Waals surface area contributed by atoms with Crippen molar-refractivity contribution in [2.75, 3.05) is 24.3 Å². The van der Waals surface area contributed by atoms with Crippen LogP contribution >= 0.6 is 0 Å². The lowest BCUT2D eigenvalue weighted by atomic mass is 9.96. The molecule has 37 heavy (non-hydrogen) atoms. The summed E-state index contributed by atoms with van der Waals surface area (Å²) >= 11 is 0. The lowest BCUT2D eigenvalue weighted by molar-refractivity contribution is -0.0375. The van der Waals surface area contributed by atoms with E-state index in [2.05, 4.69) is 39.3 Å². The number of aromatic nitrogens is 4. The van der Waals surface area contributed by atoms with Crippen LogP contribution in [0.4, 0.5) is 26.4 Å². The van der Waals surface area contributed by atoms with Crippen LogP contribution < -0.4 is 11.1 Å². The molecular weight excluding hydrogens is 478 g/mol. The predicted octanol–water partition coefficient (Wildman–Crippen LogP) is 6.38. The Bertz CT molecular complexity index is 1170. The summed E-state index contributed by atoms with van der Waals surface area (Å²) < 4.78 is 38.3. The smallest absolute Gasteiger partial charge is 0.250 e. The van der Waals surface area contributed by atoms with Crippen LogP contribution in [-0.2, 0) is 4.74 Å². The van der Waals surface area contributed by atoms with Gasteiger partial charge in [-0.15, -0.1) is 0 Å². The van der Waals surface area contributed by atoms with Gasteiger partial charge in [0, 0.05) is 36.6 Å². The van der Waals surface area contributed by atoms with E-state index >= 15 is 0 Å². The van der Waals surface area contributed by atoms with Gasteiger partial charge in [-0.3, -0.25) is 0 Å². The maximum Gasteiger partial charge on any atom is 0.250 e. The number of hydrogen-bond acceptors (Lipinski definition) is 8. The highest BCUT2D eigenvalue weighted by Gasteiger charge is 2.49. The van der Waals surface area contributed by atoms with Gasteiger partial charge < -0.3 is 20.3 Å². The highest BCUT2D eigenvalue weighted by Crippen LogP contribution is 2.53. The van der Waals surface area contributed by atoms with E-state index in [4.69, 9.17) is 15.0 Å². The number of nitrogen functional groups attached to an aromatic ring is 1. The fourth-order valence-corrected chi connectivity index (χ4v) is 5.08. The highest BCUT2D eigenvalue weighted by molar-refractivity contribution is 5.60. The zero-order valence-corrected chi connectivity index (χ0v) is 21.9. The second kappa shape index (κ2) is 11.5. The van der Waals surface area contributed by atoms with E-state index in [1.807, 2.05) is 37.3 Å². The number of nitrogens with zero attached hydrogens (tertiary/aromatic N) is 4. The number of anilines is 3. The lowest BCUT2D eigenvalue weighted by Crippen LogP contribution is -2.17. The molecule has 4 atom stereocenters. The number of rotatable bonds is 13. The summed E-state index contributed by atoms with van der Waals surface area (Å²) in [6.45, 7) is 8.34. The monoisotopic (exact) mass is 514 g/mol. The van der Waals surface area contributed by atoms with Crippen LogP contribution in [-0.4, -0.2) is 39.2 Å². The SMILES string of the molecule is CCC1C(COCCC(F)(F)CC)C1CC(C)c1onc(-c2nc(N)nc(Nc3ccccc3)n2)c1C. The fourth-order valence-electron chi connectivity index (χ4n) is 5.08. The molecule has 1 fully saturated rings. The summed E-state index contributed by atoms with van der Waals surface area (Å²) in [7, 11) is 0. The summed E-state index contributed by atoms with van der Waals surface area (Å²) in [6.07, 6.45) is 1.57. The average Bonchev–Trinajstić information content (AvgIpc) is 3.38. The van der Waals surface area contributed by atoms with Gasteiger partial charge >= 0.3 is 0 Å². The topological polar surface area (TPSA) is 112 Å². The van der Waals surface area contributed by atoms with Crippen LogP contribution in [0.15, 0.2) is 34.9 Å². The number of hydrogen-bond donors (Lipinski definition) is 2. The molecule has 0 saturated heterocycles. The molecule has 8 nitrogen and oxygen atoms in total. The van der Waals surface area contributed by atoms with E-state index in [1.54, 1.807) is 0 Å². The molecule has 0 amide bonds. The third-order valence-electron chi connectivity index (χ3n) is 7.35. The van der Waals surface area contributed by atoms with Crippen LogP contribution in [0.25, 0.3) is 11.5 Å². The molecule has 1 aromatic carbocycles. The Hall–Kier alpha value is -3.14. The maximum atomic E-state index is 13.5. The van der Waals surface area contributed by atoms with E-state index in [1.165, 1.54) is 6.92 Å². The Balaban J connectivity index is 1.39. The molecule has 2 aromatic heterocycles.